The minimum absolute atomic E-state index is 0.0537. The van der Waals surface area contributed by atoms with Gasteiger partial charge in [-0.3, -0.25) is 9.59 Å². The van der Waals surface area contributed by atoms with Crippen LogP contribution in [0.2, 0.25) is 0 Å². The standard InChI is InChI=1S/C21H32N6O2/c1-25-4-6-26(7-5-25)19(28)18-14-27(24-23-18)3-2-22-20(29)21-11-15-8-16(12-21)10-17(9-15)13-21/h14-17H,2-13H2,1H3,(H,22,29). The number of hydrogen-bond donors (Lipinski definition) is 1. The van der Waals surface area contributed by atoms with Crippen LogP contribution in [0, 0.1) is 23.2 Å². The summed E-state index contributed by atoms with van der Waals surface area (Å²) in [6.07, 6.45) is 8.98. The van der Waals surface area contributed by atoms with Crippen molar-refractivity contribution in [1.82, 2.24) is 30.1 Å². The van der Waals surface area contributed by atoms with E-state index in [2.05, 4.69) is 27.6 Å². The minimum atomic E-state index is -0.111. The minimum Gasteiger partial charge on any atom is -0.354 e. The zero-order chi connectivity index (χ0) is 20.0. The molecule has 8 nitrogen and oxygen atoms in total. The molecule has 4 saturated carbocycles. The maximum absolute atomic E-state index is 13.0. The Balaban J connectivity index is 1.13. The molecule has 1 N–H and O–H groups in total. The summed E-state index contributed by atoms with van der Waals surface area (Å²) >= 11 is 0. The Morgan fingerprint density at radius 3 is 2.31 bits per heavy atom. The number of nitrogens with one attached hydrogen (secondary N) is 1. The summed E-state index contributed by atoms with van der Waals surface area (Å²) in [6, 6.07) is 0. The second-order valence-corrected chi connectivity index (χ2v) is 9.92. The third kappa shape index (κ3) is 3.67. The smallest absolute Gasteiger partial charge is 0.276 e. The van der Waals surface area contributed by atoms with Crippen LogP contribution in [0.4, 0.5) is 0 Å². The highest BCUT2D eigenvalue weighted by atomic mass is 16.2. The molecule has 158 valence electrons. The van der Waals surface area contributed by atoms with Crippen molar-refractivity contribution in [1.29, 1.82) is 0 Å². The average molecular weight is 401 g/mol. The third-order valence-corrected chi connectivity index (χ3v) is 7.69. The van der Waals surface area contributed by atoms with E-state index in [0.29, 0.717) is 18.8 Å². The number of carbonyl (C=O) groups is 2. The quantitative estimate of drug-likeness (QED) is 0.797. The van der Waals surface area contributed by atoms with Crippen molar-refractivity contribution >= 4 is 11.8 Å². The molecular formula is C21H32N6O2. The molecule has 1 aromatic heterocycles. The van der Waals surface area contributed by atoms with Gasteiger partial charge in [0.25, 0.3) is 5.91 Å². The number of amides is 2. The molecule has 4 bridgehead atoms. The van der Waals surface area contributed by atoms with E-state index in [1.165, 1.54) is 19.3 Å². The molecule has 2 heterocycles. The molecule has 0 radical (unpaired) electrons. The lowest BCUT2D eigenvalue weighted by Crippen LogP contribution is -2.53. The third-order valence-electron chi connectivity index (χ3n) is 7.69. The lowest BCUT2D eigenvalue weighted by Gasteiger charge is -2.55. The van der Waals surface area contributed by atoms with E-state index in [0.717, 1.165) is 63.2 Å². The summed E-state index contributed by atoms with van der Waals surface area (Å²) in [5.74, 6) is 2.49. The summed E-state index contributed by atoms with van der Waals surface area (Å²) in [5, 5.41) is 11.3. The number of rotatable bonds is 5. The summed E-state index contributed by atoms with van der Waals surface area (Å²) in [4.78, 5) is 29.6. The lowest BCUT2D eigenvalue weighted by molar-refractivity contribution is -0.146. The molecule has 4 aliphatic carbocycles. The van der Waals surface area contributed by atoms with Crippen LogP contribution in [0.1, 0.15) is 49.0 Å². The molecular weight excluding hydrogens is 368 g/mol. The maximum Gasteiger partial charge on any atom is 0.276 e. The molecule has 1 aliphatic heterocycles. The fourth-order valence-corrected chi connectivity index (χ4v) is 6.54. The number of hydrogen-bond acceptors (Lipinski definition) is 5. The van der Waals surface area contributed by atoms with Crippen LogP contribution < -0.4 is 5.32 Å². The van der Waals surface area contributed by atoms with Gasteiger partial charge in [0.05, 0.1) is 12.7 Å². The van der Waals surface area contributed by atoms with Crippen molar-refractivity contribution in [2.45, 2.75) is 45.1 Å². The molecule has 5 fully saturated rings. The van der Waals surface area contributed by atoms with Gasteiger partial charge >= 0.3 is 0 Å². The first kappa shape index (κ1) is 19.0. The molecule has 0 atom stereocenters. The predicted octanol–water partition coefficient (Wildman–Crippen LogP) is 0.998. The number of aromatic nitrogens is 3. The molecule has 1 aromatic rings. The van der Waals surface area contributed by atoms with E-state index in [9.17, 15) is 9.59 Å². The van der Waals surface area contributed by atoms with E-state index in [1.807, 2.05) is 4.90 Å². The van der Waals surface area contributed by atoms with Crippen LogP contribution >= 0.6 is 0 Å². The van der Waals surface area contributed by atoms with Gasteiger partial charge in [-0.05, 0) is 63.3 Å². The molecule has 5 aliphatic rings. The van der Waals surface area contributed by atoms with Crippen LogP contribution in [-0.2, 0) is 11.3 Å². The van der Waals surface area contributed by atoms with Crippen molar-refractivity contribution in [2.75, 3.05) is 39.8 Å². The van der Waals surface area contributed by atoms with Gasteiger partial charge in [-0.15, -0.1) is 5.10 Å². The van der Waals surface area contributed by atoms with Crippen molar-refractivity contribution in [3.63, 3.8) is 0 Å². The van der Waals surface area contributed by atoms with Gasteiger partial charge in [-0.25, -0.2) is 4.68 Å². The van der Waals surface area contributed by atoms with Crippen molar-refractivity contribution in [3.8, 4) is 0 Å². The van der Waals surface area contributed by atoms with Crippen LogP contribution in [0.15, 0.2) is 6.20 Å². The molecule has 0 aromatic carbocycles. The van der Waals surface area contributed by atoms with Crippen LogP contribution in [0.5, 0.6) is 0 Å². The molecule has 8 heteroatoms. The average Bonchev–Trinajstić information content (AvgIpc) is 3.16. The molecule has 0 spiro atoms. The molecule has 29 heavy (non-hydrogen) atoms. The Kier molecular flexibility index (Phi) is 4.84. The topological polar surface area (TPSA) is 83.4 Å². The number of nitrogens with zero attached hydrogens (tertiary/aromatic N) is 5. The number of piperazine rings is 1. The van der Waals surface area contributed by atoms with E-state index in [4.69, 9.17) is 0 Å². The van der Waals surface area contributed by atoms with Gasteiger partial charge < -0.3 is 15.1 Å². The Morgan fingerprint density at radius 2 is 1.69 bits per heavy atom. The van der Waals surface area contributed by atoms with Gasteiger partial charge in [0.1, 0.15) is 0 Å². The zero-order valence-corrected chi connectivity index (χ0v) is 17.3. The van der Waals surface area contributed by atoms with Crippen LogP contribution in [0.3, 0.4) is 0 Å². The largest absolute Gasteiger partial charge is 0.354 e. The zero-order valence-electron chi connectivity index (χ0n) is 17.3. The highest BCUT2D eigenvalue weighted by Crippen LogP contribution is 2.60. The summed E-state index contributed by atoms with van der Waals surface area (Å²) in [7, 11) is 2.07. The summed E-state index contributed by atoms with van der Waals surface area (Å²) < 4.78 is 1.67. The molecule has 6 rings (SSSR count). The van der Waals surface area contributed by atoms with Gasteiger partial charge in [-0.1, -0.05) is 5.21 Å². The van der Waals surface area contributed by atoms with Crippen LogP contribution in [-0.4, -0.2) is 76.4 Å². The first-order chi connectivity index (χ1) is 14.0. The Bertz CT molecular complexity index is 747. The maximum atomic E-state index is 13.0. The first-order valence-electron chi connectivity index (χ1n) is 11.2. The second kappa shape index (κ2) is 7.38. The van der Waals surface area contributed by atoms with Gasteiger partial charge in [0.2, 0.25) is 5.91 Å². The summed E-state index contributed by atoms with van der Waals surface area (Å²) in [5.41, 5.74) is 0.279. The first-order valence-corrected chi connectivity index (χ1v) is 11.2. The van der Waals surface area contributed by atoms with Crippen LogP contribution in [0.25, 0.3) is 0 Å². The normalized spacial score (nSPS) is 33.8. The van der Waals surface area contributed by atoms with Crippen molar-refractivity contribution in [3.05, 3.63) is 11.9 Å². The fraction of sp³-hybridized carbons (Fsp3) is 0.810. The van der Waals surface area contributed by atoms with Crippen molar-refractivity contribution < 1.29 is 9.59 Å². The fourth-order valence-electron chi connectivity index (χ4n) is 6.54. The van der Waals surface area contributed by atoms with Gasteiger partial charge in [0, 0.05) is 38.1 Å². The van der Waals surface area contributed by atoms with E-state index < -0.39 is 0 Å². The Labute approximate surface area is 172 Å². The number of carbonyl (C=O) groups excluding carboxylic acids is 2. The predicted molar refractivity (Wildman–Crippen MR) is 107 cm³/mol. The lowest BCUT2D eigenvalue weighted by atomic mass is 9.49. The second-order valence-electron chi connectivity index (χ2n) is 9.92. The van der Waals surface area contributed by atoms with E-state index in [1.54, 1.807) is 10.9 Å². The van der Waals surface area contributed by atoms with E-state index >= 15 is 0 Å². The molecule has 2 amide bonds. The monoisotopic (exact) mass is 400 g/mol. The Hall–Kier alpha value is -1.96. The molecule has 1 saturated heterocycles. The SMILES string of the molecule is CN1CCN(C(=O)c2cn(CCNC(=O)C34CC5CC(CC(C5)C3)C4)nn2)CC1. The van der Waals surface area contributed by atoms with Crippen molar-refractivity contribution in [2.24, 2.45) is 23.2 Å². The highest BCUT2D eigenvalue weighted by molar-refractivity contribution is 5.92. The van der Waals surface area contributed by atoms with Gasteiger partial charge in [0.15, 0.2) is 5.69 Å². The van der Waals surface area contributed by atoms with Gasteiger partial charge in [-0.2, -0.15) is 0 Å². The Morgan fingerprint density at radius 1 is 1.07 bits per heavy atom. The summed E-state index contributed by atoms with van der Waals surface area (Å²) in [6.45, 7) is 4.30. The highest BCUT2D eigenvalue weighted by Gasteiger charge is 2.54. The number of likely N-dealkylation sites (N-methyl/N-ethyl adjacent to an activating group) is 1. The molecule has 0 unspecified atom stereocenters. The van der Waals surface area contributed by atoms with E-state index in [-0.39, 0.29) is 17.2 Å².